The second-order valence-corrected chi connectivity index (χ2v) is 3.99. The van der Waals surface area contributed by atoms with Crippen molar-refractivity contribution in [1.82, 2.24) is 0 Å². The third-order valence-corrected chi connectivity index (χ3v) is 2.78. The fraction of sp³-hybridized carbons (Fsp3) is 1.00. The van der Waals surface area contributed by atoms with Crippen LogP contribution in [0.4, 0.5) is 0 Å². The van der Waals surface area contributed by atoms with Crippen LogP contribution < -0.4 is 5.73 Å². The summed E-state index contributed by atoms with van der Waals surface area (Å²) in [5.74, 6) is 0. The highest BCUT2D eigenvalue weighted by Crippen LogP contribution is 2.48. The molecule has 0 aromatic heterocycles. The normalized spacial score (nSPS) is 53.4. The molecule has 2 heteroatoms. The Morgan fingerprint density at radius 1 is 1.40 bits per heavy atom. The Morgan fingerprint density at radius 2 is 2.10 bits per heavy atom. The van der Waals surface area contributed by atoms with Gasteiger partial charge in [-0.3, -0.25) is 0 Å². The lowest BCUT2D eigenvalue weighted by atomic mass is 9.65. The summed E-state index contributed by atoms with van der Waals surface area (Å²) in [5, 5.41) is 0. The van der Waals surface area contributed by atoms with Crippen molar-refractivity contribution in [1.29, 1.82) is 0 Å². The number of rotatable bonds is 0. The Hall–Kier alpha value is -0.0800. The van der Waals surface area contributed by atoms with Gasteiger partial charge in [0.15, 0.2) is 0 Å². The molecule has 0 aromatic rings. The molecule has 0 bridgehead atoms. The molecule has 1 saturated heterocycles. The van der Waals surface area contributed by atoms with Gasteiger partial charge in [0.05, 0.1) is 12.7 Å². The van der Waals surface area contributed by atoms with Crippen LogP contribution >= 0.6 is 0 Å². The molecule has 2 aliphatic rings. The van der Waals surface area contributed by atoms with Gasteiger partial charge in [-0.2, -0.15) is 0 Å². The van der Waals surface area contributed by atoms with Crippen molar-refractivity contribution in [2.24, 2.45) is 11.1 Å². The number of hydrogen-bond acceptors (Lipinski definition) is 2. The van der Waals surface area contributed by atoms with Crippen molar-refractivity contribution in [3.05, 3.63) is 0 Å². The van der Waals surface area contributed by atoms with Gasteiger partial charge in [0.2, 0.25) is 0 Å². The molecular formula is C8H15NO. The van der Waals surface area contributed by atoms with E-state index >= 15 is 0 Å². The van der Waals surface area contributed by atoms with Crippen molar-refractivity contribution < 1.29 is 4.74 Å². The average Bonchev–Trinajstić information content (AvgIpc) is 2.10. The molecule has 1 unspecified atom stereocenters. The predicted molar refractivity (Wildman–Crippen MR) is 39.7 cm³/mol. The maximum Gasteiger partial charge on any atom is 0.0553 e. The smallest absolute Gasteiger partial charge is 0.0553 e. The molecule has 1 heterocycles. The molecule has 0 aromatic carbocycles. The van der Waals surface area contributed by atoms with Crippen LogP contribution in [0.1, 0.15) is 26.2 Å². The third-order valence-electron chi connectivity index (χ3n) is 2.78. The van der Waals surface area contributed by atoms with Crippen LogP contribution in [0.2, 0.25) is 0 Å². The van der Waals surface area contributed by atoms with Crippen molar-refractivity contribution in [3.63, 3.8) is 0 Å². The average molecular weight is 141 g/mol. The minimum atomic E-state index is 0.467. The van der Waals surface area contributed by atoms with Gasteiger partial charge in [-0.05, 0) is 31.6 Å². The van der Waals surface area contributed by atoms with Gasteiger partial charge in [-0.15, -0.1) is 0 Å². The third kappa shape index (κ3) is 0.867. The van der Waals surface area contributed by atoms with Gasteiger partial charge in [0.1, 0.15) is 0 Å². The number of nitrogens with two attached hydrogens (primary N) is 1. The molecule has 1 saturated carbocycles. The van der Waals surface area contributed by atoms with Gasteiger partial charge in [-0.1, -0.05) is 0 Å². The van der Waals surface area contributed by atoms with E-state index in [0.29, 0.717) is 17.6 Å². The molecule has 1 aliphatic heterocycles. The standard InChI is InChI=1S/C8H15NO/c1-6-2-8(5-10-6)3-7(9)4-8/h6-7H,2-5,9H2,1H3. The van der Waals surface area contributed by atoms with Crippen LogP contribution in [0.15, 0.2) is 0 Å². The van der Waals surface area contributed by atoms with E-state index in [-0.39, 0.29) is 0 Å². The SMILES string of the molecule is CC1CC2(CO1)CC(N)C2. The number of ether oxygens (including phenoxy) is 1. The minimum absolute atomic E-state index is 0.467. The fourth-order valence-electron chi connectivity index (χ4n) is 2.38. The highest BCUT2D eigenvalue weighted by atomic mass is 16.5. The summed E-state index contributed by atoms with van der Waals surface area (Å²) in [4.78, 5) is 0. The van der Waals surface area contributed by atoms with Crippen molar-refractivity contribution in [2.45, 2.75) is 38.3 Å². The molecule has 2 fully saturated rings. The second-order valence-electron chi connectivity index (χ2n) is 3.99. The summed E-state index contributed by atoms with van der Waals surface area (Å²) < 4.78 is 5.50. The Balaban J connectivity index is 1.95. The highest BCUT2D eigenvalue weighted by molar-refractivity contribution is 4.99. The molecule has 2 N–H and O–H groups in total. The van der Waals surface area contributed by atoms with Gasteiger partial charge < -0.3 is 10.5 Å². The van der Waals surface area contributed by atoms with E-state index in [2.05, 4.69) is 6.92 Å². The zero-order valence-electron chi connectivity index (χ0n) is 6.47. The van der Waals surface area contributed by atoms with Crippen LogP contribution in [0, 0.1) is 5.41 Å². The van der Waals surface area contributed by atoms with Gasteiger partial charge in [0, 0.05) is 6.04 Å². The summed E-state index contributed by atoms with van der Waals surface area (Å²) in [7, 11) is 0. The fourth-order valence-corrected chi connectivity index (χ4v) is 2.38. The molecule has 1 atom stereocenters. The Morgan fingerprint density at radius 3 is 2.50 bits per heavy atom. The van der Waals surface area contributed by atoms with Crippen molar-refractivity contribution >= 4 is 0 Å². The molecule has 1 aliphatic carbocycles. The molecule has 0 amide bonds. The Bertz CT molecular complexity index is 135. The summed E-state index contributed by atoms with van der Waals surface area (Å²) >= 11 is 0. The molecule has 58 valence electrons. The first-order valence-corrected chi connectivity index (χ1v) is 4.07. The lowest BCUT2D eigenvalue weighted by Gasteiger charge is -2.42. The predicted octanol–water partition coefficient (Wildman–Crippen LogP) is 0.903. The molecule has 0 radical (unpaired) electrons. The maximum absolute atomic E-state index is 5.72. The first-order chi connectivity index (χ1) is 4.70. The van der Waals surface area contributed by atoms with Crippen LogP contribution in [-0.4, -0.2) is 18.8 Å². The van der Waals surface area contributed by atoms with Gasteiger partial charge in [0.25, 0.3) is 0 Å². The monoisotopic (exact) mass is 141 g/mol. The second kappa shape index (κ2) is 1.95. The summed E-state index contributed by atoms with van der Waals surface area (Å²) in [6.45, 7) is 3.11. The Labute approximate surface area is 61.7 Å². The van der Waals surface area contributed by atoms with E-state index in [1.165, 1.54) is 19.3 Å². The zero-order chi connectivity index (χ0) is 7.19. The summed E-state index contributed by atoms with van der Waals surface area (Å²) in [5.41, 5.74) is 6.24. The first kappa shape index (κ1) is 6.62. The molecule has 10 heavy (non-hydrogen) atoms. The van der Waals surface area contributed by atoms with Crippen LogP contribution in [0.25, 0.3) is 0 Å². The molecule has 1 spiro atoms. The topological polar surface area (TPSA) is 35.2 Å². The van der Waals surface area contributed by atoms with Crippen molar-refractivity contribution in [2.75, 3.05) is 6.61 Å². The number of hydrogen-bond donors (Lipinski definition) is 1. The molecule has 2 rings (SSSR count). The van der Waals surface area contributed by atoms with Crippen LogP contribution in [0.3, 0.4) is 0 Å². The first-order valence-electron chi connectivity index (χ1n) is 4.07. The maximum atomic E-state index is 5.72. The quantitative estimate of drug-likeness (QED) is 0.544. The molecular weight excluding hydrogens is 126 g/mol. The van der Waals surface area contributed by atoms with E-state index in [9.17, 15) is 0 Å². The van der Waals surface area contributed by atoms with Crippen molar-refractivity contribution in [3.8, 4) is 0 Å². The van der Waals surface area contributed by atoms with E-state index in [0.717, 1.165) is 6.61 Å². The van der Waals surface area contributed by atoms with Crippen LogP contribution in [0.5, 0.6) is 0 Å². The lowest BCUT2D eigenvalue weighted by molar-refractivity contribution is 0.0620. The van der Waals surface area contributed by atoms with E-state index in [1.807, 2.05) is 0 Å². The Kier molecular flexibility index (Phi) is 1.29. The minimum Gasteiger partial charge on any atom is -0.378 e. The van der Waals surface area contributed by atoms with E-state index in [4.69, 9.17) is 10.5 Å². The summed E-state index contributed by atoms with van der Waals surface area (Å²) in [6, 6.07) is 0.467. The van der Waals surface area contributed by atoms with E-state index in [1.54, 1.807) is 0 Å². The van der Waals surface area contributed by atoms with Gasteiger partial charge >= 0.3 is 0 Å². The molecule has 2 nitrogen and oxygen atoms in total. The van der Waals surface area contributed by atoms with E-state index < -0.39 is 0 Å². The summed E-state index contributed by atoms with van der Waals surface area (Å²) in [6.07, 6.45) is 4.10. The zero-order valence-corrected chi connectivity index (χ0v) is 6.47. The largest absolute Gasteiger partial charge is 0.378 e. The lowest BCUT2D eigenvalue weighted by Crippen LogP contribution is -2.46. The van der Waals surface area contributed by atoms with Gasteiger partial charge in [-0.25, -0.2) is 0 Å². The van der Waals surface area contributed by atoms with Crippen LogP contribution in [-0.2, 0) is 4.74 Å². The highest BCUT2D eigenvalue weighted by Gasteiger charge is 2.47.